The molecule has 0 unspecified atom stereocenters. The highest BCUT2D eigenvalue weighted by Gasteiger charge is 2.12. The summed E-state index contributed by atoms with van der Waals surface area (Å²) in [7, 11) is 4.90. The van der Waals surface area contributed by atoms with Gasteiger partial charge in [-0.3, -0.25) is 9.59 Å². The lowest BCUT2D eigenvalue weighted by molar-refractivity contribution is -0.125. The average Bonchev–Trinajstić information content (AvgIpc) is 2.51. The molecule has 6 nitrogen and oxygen atoms in total. The van der Waals surface area contributed by atoms with Crippen LogP contribution in [0.2, 0.25) is 10.0 Å². The molecule has 134 valence electrons. The van der Waals surface area contributed by atoms with E-state index >= 15 is 0 Å². The first-order chi connectivity index (χ1) is 11.3. The maximum absolute atomic E-state index is 12.0. The minimum Gasteiger partial charge on any atom is -0.490 e. The summed E-state index contributed by atoms with van der Waals surface area (Å²) in [4.78, 5) is 24.9. The van der Waals surface area contributed by atoms with E-state index in [2.05, 4.69) is 5.32 Å². The van der Waals surface area contributed by atoms with Crippen LogP contribution in [0.25, 0.3) is 0 Å². The summed E-state index contributed by atoms with van der Waals surface area (Å²) in [5, 5.41) is 3.34. The van der Waals surface area contributed by atoms with E-state index in [0.717, 1.165) is 0 Å². The van der Waals surface area contributed by atoms with Crippen molar-refractivity contribution in [1.29, 1.82) is 0 Å². The molecule has 0 aromatic heterocycles. The number of hydrogen-bond donors (Lipinski definition) is 1. The zero-order chi connectivity index (χ0) is 18.1. The van der Waals surface area contributed by atoms with Crippen molar-refractivity contribution >= 4 is 52.5 Å². The molecule has 24 heavy (non-hydrogen) atoms. The second-order valence-electron chi connectivity index (χ2n) is 4.93. The van der Waals surface area contributed by atoms with Crippen LogP contribution >= 0.6 is 35.0 Å². The Labute approximate surface area is 155 Å². The summed E-state index contributed by atoms with van der Waals surface area (Å²) in [6.07, 6.45) is 0. The molecule has 2 amide bonds. The topological polar surface area (TPSA) is 67.9 Å². The Bertz CT molecular complexity index is 585. The van der Waals surface area contributed by atoms with Crippen LogP contribution in [-0.2, 0) is 14.3 Å². The first-order valence-corrected chi connectivity index (χ1v) is 8.94. The lowest BCUT2D eigenvalue weighted by Gasteiger charge is -2.13. The van der Waals surface area contributed by atoms with E-state index in [0.29, 0.717) is 34.7 Å². The number of methoxy groups -OCH3 is 1. The highest BCUT2D eigenvalue weighted by molar-refractivity contribution is 8.00. The van der Waals surface area contributed by atoms with Gasteiger partial charge in [0.2, 0.25) is 11.8 Å². The summed E-state index contributed by atoms with van der Waals surface area (Å²) in [6.45, 7) is 0.741. The first kappa shape index (κ1) is 20.9. The molecule has 0 fully saturated rings. The van der Waals surface area contributed by atoms with Crippen LogP contribution in [0.4, 0.5) is 5.69 Å². The Kier molecular flexibility index (Phi) is 9.28. The maximum Gasteiger partial charge on any atom is 0.234 e. The predicted molar refractivity (Wildman–Crippen MR) is 98.5 cm³/mol. The molecule has 0 radical (unpaired) electrons. The van der Waals surface area contributed by atoms with E-state index in [4.69, 9.17) is 32.7 Å². The van der Waals surface area contributed by atoms with E-state index in [1.165, 1.54) is 22.7 Å². The number of nitrogens with zero attached hydrogens (tertiary/aromatic N) is 1. The van der Waals surface area contributed by atoms with Crippen LogP contribution in [-0.4, -0.2) is 62.6 Å². The van der Waals surface area contributed by atoms with Gasteiger partial charge >= 0.3 is 0 Å². The minimum absolute atomic E-state index is 0.0499. The van der Waals surface area contributed by atoms with E-state index in [1.54, 1.807) is 27.3 Å². The number of anilines is 1. The van der Waals surface area contributed by atoms with Crippen molar-refractivity contribution in [3.05, 3.63) is 22.2 Å². The van der Waals surface area contributed by atoms with Gasteiger partial charge in [0.25, 0.3) is 0 Å². The molecule has 0 bridgehead atoms. The Hall–Kier alpha value is -1.15. The number of hydrogen-bond acceptors (Lipinski definition) is 5. The second kappa shape index (κ2) is 10.7. The molecule has 0 aliphatic heterocycles. The van der Waals surface area contributed by atoms with Gasteiger partial charge in [-0.15, -0.1) is 11.8 Å². The summed E-state index contributed by atoms with van der Waals surface area (Å²) < 4.78 is 10.4. The third-order valence-electron chi connectivity index (χ3n) is 2.80. The van der Waals surface area contributed by atoms with Crippen molar-refractivity contribution < 1.29 is 19.1 Å². The monoisotopic (exact) mass is 394 g/mol. The van der Waals surface area contributed by atoms with Gasteiger partial charge in [0, 0.05) is 27.3 Å². The van der Waals surface area contributed by atoms with Gasteiger partial charge < -0.3 is 19.7 Å². The molecule has 0 saturated carbocycles. The number of ether oxygens (including phenoxy) is 2. The van der Waals surface area contributed by atoms with Gasteiger partial charge in [0.05, 0.1) is 33.8 Å². The molecule has 9 heteroatoms. The molecule has 0 atom stereocenters. The number of thioether (sulfide) groups is 1. The summed E-state index contributed by atoms with van der Waals surface area (Å²) in [6, 6.07) is 3.07. The van der Waals surface area contributed by atoms with Gasteiger partial charge in [0.1, 0.15) is 12.4 Å². The SMILES string of the molecule is COCCOc1cc(NC(=O)CSCC(=O)N(C)C)c(Cl)cc1Cl. The molecular weight excluding hydrogens is 375 g/mol. The molecule has 1 rings (SSSR count). The fourth-order valence-corrected chi connectivity index (χ4v) is 2.79. The van der Waals surface area contributed by atoms with Crippen LogP contribution in [0.5, 0.6) is 5.75 Å². The third kappa shape index (κ3) is 7.17. The number of nitrogens with one attached hydrogen (secondary N) is 1. The van der Waals surface area contributed by atoms with Crippen LogP contribution in [0.3, 0.4) is 0 Å². The lowest BCUT2D eigenvalue weighted by atomic mass is 10.3. The average molecular weight is 395 g/mol. The largest absolute Gasteiger partial charge is 0.490 e. The van der Waals surface area contributed by atoms with Crippen molar-refractivity contribution in [2.24, 2.45) is 0 Å². The van der Waals surface area contributed by atoms with Gasteiger partial charge in [0.15, 0.2) is 0 Å². The molecule has 1 aromatic rings. The summed E-state index contributed by atoms with van der Waals surface area (Å²) >= 11 is 13.4. The van der Waals surface area contributed by atoms with Crippen molar-refractivity contribution in [3.63, 3.8) is 0 Å². The predicted octanol–water partition coefficient (Wildman–Crippen LogP) is 2.78. The molecule has 0 aliphatic carbocycles. The Morgan fingerprint density at radius 2 is 1.88 bits per heavy atom. The number of halogens is 2. The van der Waals surface area contributed by atoms with Crippen molar-refractivity contribution in [2.45, 2.75) is 0 Å². The zero-order valence-corrected chi connectivity index (χ0v) is 16.1. The summed E-state index contributed by atoms with van der Waals surface area (Å²) in [5.41, 5.74) is 0.401. The minimum atomic E-state index is -0.265. The second-order valence-corrected chi connectivity index (χ2v) is 6.73. The number of benzene rings is 1. The molecule has 0 spiro atoms. The van der Waals surface area contributed by atoms with E-state index < -0.39 is 0 Å². The van der Waals surface area contributed by atoms with Crippen molar-refractivity contribution in [3.8, 4) is 5.75 Å². The van der Waals surface area contributed by atoms with Crippen molar-refractivity contribution in [2.75, 3.05) is 51.2 Å². The van der Waals surface area contributed by atoms with Gasteiger partial charge in [-0.05, 0) is 6.07 Å². The fourth-order valence-electron chi connectivity index (χ4n) is 1.52. The van der Waals surface area contributed by atoms with Gasteiger partial charge in [-0.2, -0.15) is 0 Å². The van der Waals surface area contributed by atoms with Crippen LogP contribution in [0.1, 0.15) is 0 Å². The normalized spacial score (nSPS) is 10.4. The summed E-state index contributed by atoms with van der Waals surface area (Å²) in [5.74, 6) is 0.465. The highest BCUT2D eigenvalue weighted by Crippen LogP contribution is 2.34. The lowest BCUT2D eigenvalue weighted by Crippen LogP contribution is -2.24. The maximum atomic E-state index is 12.0. The zero-order valence-electron chi connectivity index (χ0n) is 13.7. The first-order valence-electron chi connectivity index (χ1n) is 7.03. The van der Waals surface area contributed by atoms with Crippen LogP contribution < -0.4 is 10.1 Å². The Morgan fingerprint density at radius 3 is 2.50 bits per heavy atom. The Morgan fingerprint density at radius 1 is 1.17 bits per heavy atom. The molecule has 1 aromatic carbocycles. The van der Waals surface area contributed by atoms with E-state index in [-0.39, 0.29) is 23.3 Å². The van der Waals surface area contributed by atoms with E-state index in [1.807, 2.05) is 0 Å². The third-order valence-corrected chi connectivity index (χ3v) is 4.32. The number of carbonyl (C=O) groups excluding carboxylic acids is 2. The quantitative estimate of drug-likeness (QED) is 0.652. The molecule has 0 saturated heterocycles. The molecule has 0 aliphatic rings. The molecular formula is C15H20Cl2N2O4S. The Balaban J connectivity index is 2.60. The highest BCUT2D eigenvalue weighted by atomic mass is 35.5. The molecule has 1 N–H and O–H groups in total. The smallest absolute Gasteiger partial charge is 0.234 e. The fraction of sp³-hybridized carbons (Fsp3) is 0.467. The van der Waals surface area contributed by atoms with Gasteiger partial charge in [-0.1, -0.05) is 23.2 Å². The van der Waals surface area contributed by atoms with E-state index in [9.17, 15) is 9.59 Å². The standard InChI is InChI=1S/C15H20Cl2N2O4S/c1-19(2)15(21)9-24-8-14(20)18-12-7-13(23-5-4-22-3)11(17)6-10(12)16/h6-7H,4-5,8-9H2,1-3H3,(H,18,20). The number of rotatable bonds is 9. The van der Waals surface area contributed by atoms with Crippen molar-refractivity contribution in [1.82, 2.24) is 4.90 Å². The van der Waals surface area contributed by atoms with Crippen LogP contribution in [0, 0.1) is 0 Å². The number of carbonyl (C=O) groups is 2. The number of amides is 2. The molecule has 0 heterocycles. The van der Waals surface area contributed by atoms with Crippen LogP contribution in [0.15, 0.2) is 12.1 Å². The van der Waals surface area contributed by atoms with Gasteiger partial charge in [-0.25, -0.2) is 0 Å².